The van der Waals surface area contributed by atoms with Crippen LogP contribution in [0.5, 0.6) is 0 Å². The second kappa shape index (κ2) is 8.26. The average molecular weight is 527 g/mol. The molecule has 7 nitrogen and oxygen atoms in total. The number of amides is 2. The molecular formula is C23H22IN5O2. The number of likely N-dealkylation sites (tertiary alicyclic amines) is 1. The predicted molar refractivity (Wildman–Crippen MR) is 130 cm³/mol. The summed E-state index contributed by atoms with van der Waals surface area (Å²) in [4.78, 5) is 33.6. The molecule has 4 aromatic rings. The Balaban J connectivity index is 1.33. The summed E-state index contributed by atoms with van der Waals surface area (Å²) in [5.41, 5.74) is 4.38. The van der Waals surface area contributed by atoms with Crippen LogP contribution in [0, 0.1) is 3.57 Å². The van der Waals surface area contributed by atoms with Gasteiger partial charge < -0.3 is 20.2 Å². The first kappa shape index (κ1) is 19.9. The van der Waals surface area contributed by atoms with Crippen molar-refractivity contribution in [2.75, 3.05) is 18.4 Å². The largest absolute Gasteiger partial charge is 0.361 e. The Morgan fingerprint density at radius 1 is 1.03 bits per heavy atom. The van der Waals surface area contributed by atoms with Crippen molar-refractivity contribution in [3.05, 3.63) is 74.8 Å². The first-order chi connectivity index (χ1) is 15.1. The maximum Gasteiger partial charge on any atom is 0.326 e. The van der Waals surface area contributed by atoms with Crippen LogP contribution >= 0.6 is 22.6 Å². The van der Waals surface area contributed by atoms with E-state index >= 15 is 0 Å². The molecule has 1 saturated heterocycles. The van der Waals surface area contributed by atoms with Crippen molar-refractivity contribution in [2.45, 2.75) is 18.9 Å². The van der Waals surface area contributed by atoms with Crippen LogP contribution in [0.3, 0.4) is 0 Å². The summed E-state index contributed by atoms with van der Waals surface area (Å²) in [5.74, 6) is 0. The van der Waals surface area contributed by atoms with Crippen molar-refractivity contribution in [1.82, 2.24) is 19.4 Å². The van der Waals surface area contributed by atoms with Crippen molar-refractivity contribution < 1.29 is 4.79 Å². The van der Waals surface area contributed by atoms with Crippen molar-refractivity contribution in [3.8, 4) is 11.3 Å². The summed E-state index contributed by atoms with van der Waals surface area (Å²) in [7, 11) is 0. The van der Waals surface area contributed by atoms with E-state index in [1.165, 1.54) is 0 Å². The van der Waals surface area contributed by atoms with Crippen LogP contribution in [-0.4, -0.2) is 38.6 Å². The fraction of sp³-hybridized carbons (Fsp3) is 0.217. The molecule has 158 valence electrons. The summed E-state index contributed by atoms with van der Waals surface area (Å²) in [5, 5.41) is 2.96. The maximum atomic E-state index is 12.8. The molecule has 2 aromatic heterocycles. The van der Waals surface area contributed by atoms with Crippen molar-refractivity contribution in [3.63, 3.8) is 0 Å². The number of anilines is 1. The molecule has 0 radical (unpaired) electrons. The molecule has 5 rings (SSSR count). The molecule has 0 unspecified atom stereocenters. The fourth-order valence-electron chi connectivity index (χ4n) is 4.30. The quantitative estimate of drug-likeness (QED) is 0.335. The van der Waals surface area contributed by atoms with Gasteiger partial charge in [0.25, 0.3) is 0 Å². The number of imidazole rings is 1. The van der Waals surface area contributed by atoms with Gasteiger partial charge in [-0.25, -0.2) is 9.59 Å². The molecule has 0 aliphatic carbocycles. The number of halogens is 1. The lowest BCUT2D eigenvalue weighted by atomic mass is 10.0. The van der Waals surface area contributed by atoms with Crippen LogP contribution in [0.2, 0.25) is 0 Å². The summed E-state index contributed by atoms with van der Waals surface area (Å²) in [6.45, 7) is 1.21. The van der Waals surface area contributed by atoms with Crippen LogP contribution in [-0.2, 0) is 0 Å². The molecule has 2 aromatic carbocycles. The van der Waals surface area contributed by atoms with Crippen LogP contribution in [0.15, 0.2) is 65.6 Å². The van der Waals surface area contributed by atoms with Gasteiger partial charge in [-0.05, 0) is 77.9 Å². The Bertz CT molecular complexity index is 1270. The lowest BCUT2D eigenvalue weighted by Gasteiger charge is -2.32. The summed E-state index contributed by atoms with van der Waals surface area (Å²) < 4.78 is 2.98. The zero-order valence-corrected chi connectivity index (χ0v) is 18.9. The molecule has 0 saturated carbocycles. The second-order valence-corrected chi connectivity index (χ2v) is 8.98. The van der Waals surface area contributed by atoms with Gasteiger partial charge in [-0.3, -0.25) is 4.57 Å². The number of aromatic nitrogens is 3. The van der Waals surface area contributed by atoms with E-state index in [4.69, 9.17) is 0 Å². The van der Waals surface area contributed by atoms with E-state index in [2.05, 4.69) is 37.9 Å². The minimum Gasteiger partial charge on any atom is -0.361 e. The number of urea groups is 1. The molecule has 1 aliphatic heterocycles. The summed E-state index contributed by atoms with van der Waals surface area (Å²) in [6, 6.07) is 17.6. The first-order valence-corrected chi connectivity index (χ1v) is 11.4. The molecule has 0 bridgehead atoms. The number of H-pyrrole nitrogens is 2. The zero-order valence-electron chi connectivity index (χ0n) is 16.8. The topological polar surface area (TPSA) is 85.9 Å². The van der Waals surface area contributed by atoms with E-state index in [0.717, 1.165) is 44.4 Å². The number of nitrogens with one attached hydrogen (secondary N) is 3. The standard InChI is InChI=1S/C23H22IN5O2/c24-15-6-8-16(9-7-15)26-22(30)28-13-10-17(11-14-28)29-20-5-1-3-18(19-4-2-12-25-19)21(20)27-23(29)31/h1-9,12,17,25H,10-11,13-14H2,(H,26,30)(H,27,31). The van der Waals surface area contributed by atoms with Gasteiger partial charge in [-0.1, -0.05) is 12.1 Å². The van der Waals surface area contributed by atoms with Crippen LogP contribution < -0.4 is 11.0 Å². The Labute approximate surface area is 192 Å². The lowest BCUT2D eigenvalue weighted by molar-refractivity contribution is 0.184. The number of carbonyl (C=O) groups excluding carboxylic acids is 1. The molecule has 0 spiro atoms. The van der Waals surface area contributed by atoms with Crippen molar-refractivity contribution in [1.29, 1.82) is 0 Å². The third kappa shape index (κ3) is 3.87. The Kier molecular flexibility index (Phi) is 5.31. The molecule has 1 fully saturated rings. The molecule has 8 heteroatoms. The van der Waals surface area contributed by atoms with Crippen molar-refractivity contribution in [2.24, 2.45) is 0 Å². The number of aromatic amines is 2. The number of para-hydroxylation sites is 1. The van der Waals surface area contributed by atoms with E-state index in [9.17, 15) is 9.59 Å². The number of piperidine rings is 1. The molecule has 2 amide bonds. The minimum atomic E-state index is -0.101. The van der Waals surface area contributed by atoms with Gasteiger partial charge in [0.1, 0.15) is 0 Å². The zero-order chi connectivity index (χ0) is 21.4. The molecule has 31 heavy (non-hydrogen) atoms. The summed E-state index contributed by atoms with van der Waals surface area (Å²) in [6.07, 6.45) is 3.35. The van der Waals surface area contributed by atoms with E-state index in [1.54, 1.807) is 0 Å². The number of fused-ring (bicyclic) bond motifs is 1. The predicted octanol–water partition coefficient (Wildman–Crippen LogP) is 4.80. The molecule has 1 aliphatic rings. The number of rotatable bonds is 3. The monoisotopic (exact) mass is 527 g/mol. The van der Waals surface area contributed by atoms with Gasteiger partial charge in [0.05, 0.1) is 11.0 Å². The number of carbonyl (C=O) groups is 1. The Morgan fingerprint density at radius 2 is 1.81 bits per heavy atom. The number of nitrogens with zero attached hydrogens (tertiary/aromatic N) is 2. The highest BCUT2D eigenvalue weighted by Crippen LogP contribution is 2.30. The second-order valence-electron chi connectivity index (χ2n) is 7.74. The summed E-state index contributed by atoms with van der Waals surface area (Å²) >= 11 is 2.24. The maximum absolute atomic E-state index is 12.8. The highest BCUT2D eigenvalue weighted by atomic mass is 127. The van der Waals surface area contributed by atoms with Crippen molar-refractivity contribution >= 4 is 45.3 Å². The third-order valence-corrected chi connectivity index (χ3v) is 6.57. The van der Waals surface area contributed by atoms with Gasteiger partial charge in [0, 0.05) is 45.8 Å². The molecule has 3 N–H and O–H groups in total. The van der Waals surface area contributed by atoms with Gasteiger partial charge in [-0.2, -0.15) is 0 Å². The number of benzene rings is 2. The highest BCUT2D eigenvalue weighted by Gasteiger charge is 2.26. The average Bonchev–Trinajstić information content (AvgIpc) is 3.42. The SMILES string of the molecule is O=C(Nc1ccc(I)cc1)N1CCC(n2c(=O)[nH]c3c(-c4ccc[nH]4)cccc32)CC1. The fourth-order valence-corrected chi connectivity index (χ4v) is 4.66. The van der Waals surface area contributed by atoms with Gasteiger partial charge in [0.15, 0.2) is 0 Å². The highest BCUT2D eigenvalue weighted by molar-refractivity contribution is 14.1. The smallest absolute Gasteiger partial charge is 0.326 e. The van der Waals surface area contributed by atoms with E-state index in [-0.39, 0.29) is 17.8 Å². The van der Waals surface area contributed by atoms with Gasteiger partial charge >= 0.3 is 11.7 Å². The Morgan fingerprint density at radius 3 is 2.52 bits per heavy atom. The minimum absolute atomic E-state index is 0.0579. The molecule has 0 atom stereocenters. The normalized spacial score (nSPS) is 14.8. The Hall–Kier alpha value is -3.01. The van der Waals surface area contributed by atoms with Gasteiger partial charge in [0.2, 0.25) is 0 Å². The number of hydrogen-bond acceptors (Lipinski definition) is 2. The molecular weight excluding hydrogens is 505 g/mol. The van der Waals surface area contributed by atoms with Crippen LogP contribution in [0.4, 0.5) is 10.5 Å². The van der Waals surface area contributed by atoms with Gasteiger partial charge in [-0.15, -0.1) is 0 Å². The molecule has 3 heterocycles. The third-order valence-electron chi connectivity index (χ3n) is 5.85. The number of hydrogen-bond donors (Lipinski definition) is 3. The van der Waals surface area contributed by atoms with E-state index in [1.807, 2.05) is 70.3 Å². The first-order valence-electron chi connectivity index (χ1n) is 10.3. The lowest BCUT2D eigenvalue weighted by Crippen LogP contribution is -2.42. The van der Waals surface area contributed by atoms with E-state index in [0.29, 0.717) is 13.1 Å². The van der Waals surface area contributed by atoms with Crippen LogP contribution in [0.1, 0.15) is 18.9 Å². The van der Waals surface area contributed by atoms with E-state index < -0.39 is 0 Å². The van der Waals surface area contributed by atoms with Crippen LogP contribution in [0.25, 0.3) is 22.3 Å².